The fourth-order valence-corrected chi connectivity index (χ4v) is 5.02. The zero-order valence-electron chi connectivity index (χ0n) is 20.6. The Hall–Kier alpha value is -3.12. The van der Waals surface area contributed by atoms with Crippen LogP contribution in [0.5, 0.6) is 0 Å². The Labute approximate surface area is 200 Å². The highest BCUT2D eigenvalue weighted by Gasteiger charge is 2.34. The van der Waals surface area contributed by atoms with Crippen LogP contribution in [0.2, 0.25) is 0 Å². The van der Waals surface area contributed by atoms with Crippen LogP contribution >= 0.6 is 0 Å². The van der Waals surface area contributed by atoms with E-state index < -0.39 is 0 Å². The standard InChI is InChI=1S/C33H36/c1-25-11-15-29(16-12-25)19-21-33(31-17-13-26(2)14-18-31,32-10-6-8-28(4)24-32)22-20-30-9-5-7-27(3)23-30/h5-18,23-24H,19-22H2,1-4H3. The lowest BCUT2D eigenvalue weighted by molar-refractivity contribution is 0.436. The lowest BCUT2D eigenvalue weighted by Crippen LogP contribution is -2.30. The average Bonchev–Trinajstić information content (AvgIpc) is 2.81. The molecule has 4 aromatic rings. The molecule has 0 aliphatic rings. The fourth-order valence-electron chi connectivity index (χ4n) is 5.02. The average molecular weight is 433 g/mol. The van der Waals surface area contributed by atoms with Gasteiger partial charge in [0, 0.05) is 5.41 Å². The second kappa shape index (κ2) is 10.2. The zero-order chi connectivity index (χ0) is 23.3. The maximum absolute atomic E-state index is 2.41. The molecule has 0 heteroatoms. The molecule has 0 aliphatic heterocycles. The van der Waals surface area contributed by atoms with Gasteiger partial charge in [-0.15, -0.1) is 0 Å². The molecule has 0 saturated heterocycles. The van der Waals surface area contributed by atoms with Gasteiger partial charge in [-0.05, 0) is 75.6 Å². The Bertz CT molecular complexity index is 1180. The predicted molar refractivity (Wildman–Crippen MR) is 142 cm³/mol. The van der Waals surface area contributed by atoms with Crippen LogP contribution in [-0.2, 0) is 18.3 Å². The van der Waals surface area contributed by atoms with Crippen LogP contribution in [0, 0.1) is 27.7 Å². The van der Waals surface area contributed by atoms with Crippen molar-refractivity contribution in [1.29, 1.82) is 0 Å². The quantitative estimate of drug-likeness (QED) is 0.262. The van der Waals surface area contributed by atoms with Gasteiger partial charge < -0.3 is 0 Å². The first-order valence-electron chi connectivity index (χ1n) is 12.2. The molecule has 0 aromatic heterocycles. The Balaban J connectivity index is 1.78. The van der Waals surface area contributed by atoms with Gasteiger partial charge in [0.15, 0.2) is 0 Å². The summed E-state index contributed by atoms with van der Waals surface area (Å²) >= 11 is 0. The molecule has 0 saturated carbocycles. The van der Waals surface area contributed by atoms with E-state index in [2.05, 4.69) is 125 Å². The molecule has 0 heterocycles. The van der Waals surface area contributed by atoms with Crippen molar-refractivity contribution in [2.24, 2.45) is 0 Å². The first-order valence-corrected chi connectivity index (χ1v) is 12.2. The normalized spacial score (nSPS) is 13.0. The number of hydrogen-bond acceptors (Lipinski definition) is 0. The molecule has 0 bridgehead atoms. The highest BCUT2D eigenvalue weighted by atomic mass is 14.4. The summed E-state index contributed by atoms with van der Waals surface area (Å²) in [5.74, 6) is 0. The second-order valence-corrected chi connectivity index (χ2v) is 9.79. The van der Waals surface area contributed by atoms with E-state index in [0.717, 1.165) is 25.7 Å². The number of benzene rings is 4. The molecule has 1 unspecified atom stereocenters. The molecular weight excluding hydrogens is 396 g/mol. The summed E-state index contributed by atoms with van der Waals surface area (Å²) in [5, 5.41) is 0. The van der Waals surface area contributed by atoms with Crippen LogP contribution in [0.3, 0.4) is 0 Å². The number of hydrogen-bond donors (Lipinski definition) is 0. The second-order valence-electron chi connectivity index (χ2n) is 9.79. The highest BCUT2D eigenvalue weighted by Crippen LogP contribution is 2.41. The van der Waals surface area contributed by atoms with E-state index in [0.29, 0.717) is 0 Å². The minimum Gasteiger partial charge on any atom is -0.0617 e. The molecule has 0 fully saturated rings. The van der Waals surface area contributed by atoms with E-state index in [-0.39, 0.29) is 5.41 Å². The molecule has 0 N–H and O–H groups in total. The van der Waals surface area contributed by atoms with Gasteiger partial charge in [-0.3, -0.25) is 0 Å². The highest BCUT2D eigenvalue weighted by molar-refractivity contribution is 5.43. The summed E-state index contributed by atoms with van der Waals surface area (Å²) in [7, 11) is 0. The molecule has 1 atom stereocenters. The first kappa shape index (κ1) is 23.1. The summed E-state index contributed by atoms with van der Waals surface area (Å²) in [6.45, 7) is 8.74. The minimum atomic E-state index is -0.0334. The minimum absolute atomic E-state index is 0.0334. The van der Waals surface area contributed by atoms with Crippen molar-refractivity contribution >= 4 is 0 Å². The van der Waals surface area contributed by atoms with Crippen LogP contribution in [0.1, 0.15) is 57.3 Å². The molecule has 168 valence electrons. The van der Waals surface area contributed by atoms with Crippen LogP contribution in [0.25, 0.3) is 0 Å². The van der Waals surface area contributed by atoms with E-state index in [1.165, 1.54) is 44.5 Å². The largest absolute Gasteiger partial charge is 0.0617 e. The Morgan fingerprint density at radius 1 is 0.455 bits per heavy atom. The Kier molecular flexibility index (Phi) is 7.14. The van der Waals surface area contributed by atoms with E-state index in [1.54, 1.807) is 0 Å². The number of rotatable bonds is 8. The van der Waals surface area contributed by atoms with Crippen LogP contribution < -0.4 is 0 Å². The smallest absolute Gasteiger partial charge is 0.0209 e. The monoisotopic (exact) mass is 432 g/mol. The van der Waals surface area contributed by atoms with Gasteiger partial charge in [0.05, 0.1) is 0 Å². The number of aryl methyl sites for hydroxylation is 6. The molecule has 0 amide bonds. The predicted octanol–water partition coefficient (Wildman–Crippen LogP) is 8.47. The first-order chi connectivity index (χ1) is 15.9. The summed E-state index contributed by atoms with van der Waals surface area (Å²) in [6, 6.07) is 36.6. The van der Waals surface area contributed by atoms with Crippen molar-refractivity contribution in [2.45, 2.75) is 58.8 Å². The van der Waals surface area contributed by atoms with Gasteiger partial charge in [-0.2, -0.15) is 0 Å². The molecule has 0 aliphatic carbocycles. The SMILES string of the molecule is Cc1ccc(CCC(CCc2cccc(C)c2)(c2ccc(C)cc2)c2cccc(C)c2)cc1. The van der Waals surface area contributed by atoms with E-state index in [9.17, 15) is 0 Å². The van der Waals surface area contributed by atoms with Gasteiger partial charge in [0.2, 0.25) is 0 Å². The molecule has 0 radical (unpaired) electrons. The molecular formula is C33H36. The van der Waals surface area contributed by atoms with Gasteiger partial charge in [-0.1, -0.05) is 119 Å². The molecule has 4 rings (SSSR count). The summed E-state index contributed by atoms with van der Waals surface area (Å²) in [4.78, 5) is 0. The molecule has 4 aromatic carbocycles. The summed E-state index contributed by atoms with van der Waals surface area (Å²) in [6.07, 6.45) is 4.32. The van der Waals surface area contributed by atoms with Gasteiger partial charge in [-0.25, -0.2) is 0 Å². The van der Waals surface area contributed by atoms with Crippen LogP contribution in [-0.4, -0.2) is 0 Å². The van der Waals surface area contributed by atoms with Crippen molar-refractivity contribution in [3.63, 3.8) is 0 Å². The third-order valence-electron chi connectivity index (χ3n) is 7.06. The fraction of sp³-hybridized carbons (Fsp3) is 0.273. The zero-order valence-corrected chi connectivity index (χ0v) is 20.6. The van der Waals surface area contributed by atoms with Crippen molar-refractivity contribution < 1.29 is 0 Å². The Morgan fingerprint density at radius 2 is 1.00 bits per heavy atom. The Morgan fingerprint density at radius 3 is 1.61 bits per heavy atom. The van der Waals surface area contributed by atoms with Crippen molar-refractivity contribution in [3.05, 3.63) is 142 Å². The van der Waals surface area contributed by atoms with Crippen LogP contribution in [0.15, 0.2) is 97.1 Å². The van der Waals surface area contributed by atoms with E-state index >= 15 is 0 Å². The summed E-state index contributed by atoms with van der Waals surface area (Å²) < 4.78 is 0. The van der Waals surface area contributed by atoms with Crippen LogP contribution in [0.4, 0.5) is 0 Å². The van der Waals surface area contributed by atoms with Crippen molar-refractivity contribution in [3.8, 4) is 0 Å². The maximum atomic E-state index is 2.41. The topological polar surface area (TPSA) is 0 Å². The van der Waals surface area contributed by atoms with E-state index in [4.69, 9.17) is 0 Å². The third kappa shape index (κ3) is 5.63. The van der Waals surface area contributed by atoms with Crippen molar-refractivity contribution in [2.75, 3.05) is 0 Å². The molecule has 33 heavy (non-hydrogen) atoms. The summed E-state index contributed by atoms with van der Waals surface area (Å²) in [5.41, 5.74) is 11.0. The van der Waals surface area contributed by atoms with Crippen molar-refractivity contribution in [1.82, 2.24) is 0 Å². The van der Waals surface area contributed by atoms with Gasteiger partial charge >= 0.3 is 0 Å². The molecule has 0 spiro atoms. The lowest BCUT2D eigenvalue weighted by atomic mass is 9.67. The van der Waals surface area contributed by atoms with E-state index in [1.807, 2.05) is 0 Å². The molecule has 0 nitrogen and oxygen atoms in total. The third-order valence-corrected chi connectivity index (χ3v) is 7.06. The van der Waals surface area contributed by atoms with Gasteiger partial charge in [0.1, 0.15) is 0 Å². The maximum Gasteiger partial charge on any atom is 0.0209 e. The van der Waals surface area contributed by atoms with Gasteiger partial charge in [0.25, 0.3) is 0 Å². The lowest BCUT2D eigenvalue weighted by Gasteiger charge is -2.36.